The summed E-state index contributed by atoms with van der Waals surface area (Å²) in [6, 6.07) is 12.9. The molecule has 1 aliphatic heterocycles. The number of ether oxygens (including phenoxy) is 1. The summed E-state index contributed by atoms with van der Waals surface area (Å²) >= 11 is 0. The number of allylic oxidation sites excluding steroid dienone is 2. The fourth-order valence-corrected chi connectivity index (χ4v) is 4.15. The van der Waals surface area contributed by atoms with Crippen LogP contribution in [0, 0.1) is 0 Å². The quantitative estimate of drug-likeness (QED) is 0.727. The first-order valence-corrected chi connectivity index (χ1v) is 9.04. The molecule has 1 aliphatic carbocycles. The maximum absolute atomic E-state index is 12.9. The van der Waals surface area contributed by atoms with Gasteiger partial charge in [0.2, 0.25) is 5.95 Å². The third-order valence-corrected chi connectivity index (χ3v) is 5.37. The number of carbonyl (C=O) groups excluding carboxylic acids is 1. The molecule has 27 heavy (non-hydrogen) atoms. The first-order valence-electron chi connectivity index (χ1n) is 9.04. The molecule has 2 aromatic carbocycles. The van der Waals surface area contributed by atoms with Gasteiger partial charge in [0, 0.05) is 17.7 Å². The molecule has 2 aliphatic rings. The number of benzene rings is 2. The fourth-order valence-electron chi connectivity index (χ4n) is 4.15. The largest absolute Gasteiger partial charge is 0.504 e. The Kier molecular flexibility index (Phi) is 3.47. The Bertz CT molecular complexity index is 1110. The topological polar surface area (TPSA) is 76.4 Å². The van der Waals surface area contributed by atoms with Crippen LogP contribution in [0.5, 0.6) is 11.5 Å². The van der Waals surface area contributed by atoms with Gasteiger partial charge >= 0.3 is 0 Å². The zero-order chi connectivity index (χ0) is 18.5. The van der Waals surface area contributed by atoms with Crippen molar-refractivity contribution in [3.8, 4) is 11.5 Å². The van der Waals surface area contributed by atoms with Gasteiger partial charge in [0.15, 0.2) is 17.3 Å². The number of carbonyl (C=O) groups is 1. The first-order chi connectivity index (χ1) is 13.2. The lowest BCUT2D eigenvalue weighted by Gasteiger charge is -2.34. The molecule has 0 amide bonds. The van der Waals surface area contributed by atoms with Crippen molar-refractivity contribution in [1.82, 2.24) is 9.55 Å². The number of nitrogens with one attached hydrogen (secondary N) is 1. The summed E-state index contributed by atoms with van der Waals surface area (Å²) in [6.07, 6.45) is 2.22. The van der Waals surface area contributed by atoms with Crippen molar-refractivity contribution in [2.24, 2.45) is 0 Å². The highest BCUT2D eigenvalue weighted by atomic mass is 16.5. The van der Waals surface area contributed by atoms with E-state index in [1.165, 1.54) is 7.11 Å². The SMILES string of the molecule is COc1cc(C2C3=C(CCCC3=O)Nc3nc4ccccc4n32)ccc1O. The van der Waals surface area contributed by atoms with E-state index in [4.69, 9.17) is 9.72 Å². The van der Waals surface area contributed by atoms with Crippen LogP contribution in [0.15, 0.2) is 53.7 Å². The molecule has 0 saturated carbocycles. The van der Waals surface area contributed by atoms with E-state index in [9.17, 15) is 9.90 Å². The third kappa shape index (κ3) is 2.33. The van der Waals surface area contributed by atoms with Gasteiger partial charge in [-0.05, 0) is 42.7 Å². The Labute approximate surface area is 156 Å². The minimum Gasteiger partial charge on any atom is -0.504 e. The summed E-state index contributed by atoms with van der Waals surface area (Å²) in [5.74, 6) is 1.36. The number of Topliss-reactive ketones (excluding diaryl/α,β-unsaturated/α-hetero) is 1. The molecule has 0 fully saturated rings. The first kappa shape index (κ1) is 15.9. The summed E-state index contributed by atoms with van der Waals surface area (Å²) < 4.78 is 7.38. The van der Waals surface area contributed by atoms with Crippen molar-refractivity contribution in [3.63, 3.8) is 0 Å². The zero-order valence-electron chi connectivity index (χ0n) is 14.9. The predicted octanol–water partition coefficient (Wildman–Crippen LogP) is 3.77. The summed E-state index contributed by atoms with van der Waals surface area (Å²) in [5, 5.41) is 13.4. The molecule has 2 heterocycles. The molecule has 1 aromatic heterocycles. The molecular formula is C21H19N3O3. The number of anilines is 1. The number of aromatic nitrogens is 2. The average Bonchev–Trinajstić information content (AvgIpc) is 3.05. The summed E-state index contributed by atoms with van der Waals surface area (Å²) in [4.78, 5) is 17.6. The molecule has 0 bridgehead atoms. The smallest absolute Gasteiger partial charge is 0.209 e. The molecule has 136 valence electrons. The predicted molar refractivity (Wildman–Crippen MR) is 102 cm³/mol. The van der Waals surface area contributed by atoms with Gasteiger partial charge < -0.3 is 15.2 Å². The van der Waals surface area contributed by atoms with E-state index in [1.807, 2.05) is 30.3 Å². The van der Waals surface area contributed by atoms with Crippen LogP contribution in [0.1, 0.15) is 30.9 Å². The van der Waals surface area contributed by atoms with Crippen molar-refractivity contribution >= 4 is 22.8 Å². The summed E-state index contributed by atoms with van der Waals surface area (Å²) in [6.45, 7) is 0. The lowest BCUT2D eigenvalue weighted by molar-refractivity contribution is -0.116. The maximum Gasteiger partial charge on any atom is 0.209 e. The van der Waals surface area contributed by atoms with Crippen LogP contribution in [-0.4, -0.2) is 27.6 Å². The van der Waals surface area contributed by atoms with Crippen LogP contribution in [-0.2, 0) is 4.79 Å². The zero-order valence-corrected chi connectivity index (χ0v) is 14.9. The summed E-state index contributed by atoms with van der Waals surface area (Å²) in [7, 11) is 1.52. The second-order valence-corrected chi connectivity index (χ2v) is 6.92. The molecule has 0 saturated heterocycles. The van der Waals surface area contributed by atoms with Gasteiger partial charge in [-0.25, -0.2) is 4.98 Å². The minimum atomic E-state index is -0.300. The summed E-state index contributed by atoms with van der Waals surface area (Å²) in [5.41, 5.74) is 4.46. The number of phenols is 1. The van der Waals surface area contributed by atoms with Crippen LogP contribution >= 0.6 is 0 Å². The molecular weight excluding hydrogens is 342 g/mol. The molecule has 0 radical (unpaired) electrons. The minimum absolute atomic E-state index is 0.0788. The highest BCUT2D eigenvalue weighted by Crippen LogP contribution is 2.44. The Hall–Kier alpha value is -3.28. The van der Waals surface area contributed by atoms with E-state index in [1.54, 1.807) is 12.1 Å². The van der Waals surface area contributed by atoms with Crippen LogP contribution < -0.4 is 10.1 Å². The monoisotopic (exact) mass is 361 g/mol. The maximum atomic E-state index is 12.9. The highest BCUT2D eigenvalue weighted by Gasteiger charge is 2.36. The molecule has 3 aromatic rings. The number of hydrogen-bond acceptors (Lipinski definition) is 5. The van der Waals surface area contributed by atoms with Crippen LogP contribution in [0.4, 0.5) is 5.95 Å². The normalized spacial score (nSPS) is 18.9. The number of imidazole rings is 1. The Morgan fingerprint density at radius 1 is 1.22 bits per heavy atom. The van der Waals surface area contributed by atoms with Crippen LogP contribution in [0.3, 0.4) is 0 Å². The van der Waals surface area contributed by atoms with E-state index >= 15 is 0 Å². The van der Waals surface area contributed by atoms with Gasteiger partial charge in [-0.15, -0.1) is 0 Å². The lowest BCUT2D eigenvalue weighted by Crippen LogP contribution is -2.30. The van der Waals surface area contributed by atoms with E-state index in [0.717, 1.165) is 46.7 Å². The molecule has 5 rings (SSSR count). The second kappa shape index (κ2) is 5.87. The second-order valence-electron chi connectivity index (χ2n) is 6.92. The van der Waals surface area contributed by atoms with Crippen molar-refractivity contribution in [2.75, 3.05) is 12.4 Å². The lowest BCUT2D eigenvalue weighted by atomic mass is 9.85. The standard InChI is InChI=1S/C21H19N3O3/c1-27-18-11-12(9-10-16(18)25)20-19-14(6-4-8-17(19)26)23-21-22-13-5-2-3-7-15(13)24(20)21/h2-3,5,7,9-11,20,25H,4,6,8H2,1H3,(H,22,23). The third-order valence-electron chi connectivity index (χ3n) is 5.37. The molecule has 2 N–H and O–H groups in total. The van der Waals surface area contributed by atoms with Crippen LogP contribution in [0.25, 0.3) is 11.0 Å². The van der Waals surface area contributed by atoms with Crippen LogP contribution in [0.2, 0.25) is 0 Å². The number of hydrogen-bond donors (Lipinski definition) is 2. The number of phenolic OH excluding ortho intramolecular Hbond substituents is 1. The Morgan fingerprint density at radius 3 is 2.93 bits per heavy atom. The van der Waals surface area contributed by atoms with Gasteiger partial charge in [0.25, 0.3) is 0 Å². The van der Waals surface area contributed by atoms with Crippen molar-refractivity contribution in [2.45, 2.75) is 25.3 Å². The number of methoxy groups -OCH3 is 1. The van der Waals surface area contributed by atoms with Crippen molar-refractivity contribution < 1.29 is 14.6 Å². The highest BCUT2D eigenvalue weighted by molar-refractivity contribution is 6.00. The van der Waals surface area contributed by atoms with E-state index in [2.05, 4.69) is 9.88 Å². The fraction of sp³-hybridized carbons (Fsp3) is 0.238. The number of ketones is 1. The van der Waals surface area contributed by atoms with Gasteiger partial charge in [0.05, 0.1) is 24.2 Å². The molecule has 1 unspecified atom stereocenters. The molecule has 0 spiro atoms. The van der Waals surface area contributed by atoms with Crippen molar-refractivity contribution in [3.05, 3.63) is 59.3 Å². The number of aromatic hydroxyl groups is 1. The van der Waals surface area contributed by atoms with Gasteiger partial charge in [-0.3, -0.25) is 9.36 Å². The van der Waals surface area contributed by atoms with E-state index < -0.39 is 0 Å². The Balaban J connectivity index is 1.80. The molecule has 6 nitrogen and oxygen atoms in total. The average molecular weight is 361 g/mol. The molecule has 1 atom stereocenters. The van der Waals surface area contributed by atoms with Gasteiger partial charge in [-0.2, -0.15) is 0 Å². The van der Waals surface area contributed by atoms with Crippen molar-refractivity contribution in [1.29, 1.82) is 0 Å². The van der Waals surface area contributed by atoms with Gasteiger partial charge in [-0.1, -0.05) is 18.2 Å². The Morgan fingerprint density at radius 2 is 2.07 bits per heavy atom. The van der Waals surface area contributed by atoms with E-state index in [0.29, 0.717) is 12.2 Å². The molecule has 6 heteroatoms. The number of rotatable bonds is 2. The number of fused-ring (bicyclic) bond motifs is 3. The van der Waals surface area contributed by atoms with Gasteiger partial charge in [0.1, 0.15) is 0 Å². The number of para-hydroxylation sites is 2. The van der Waals surface area contributed by atoms with E-state index in [-0.39, 0.29) is 17.6 Å². The number of nitrogens with zero attached hydrogens (tertiary/aromatic N) is 2.